The van der Waals surface area contributed by atoms with E-state index in [0.29, 0.717) is 13.0 Å². The van der Waals surface area contributed by atoms with Crippen LogP contribution in [0.1, 0.15) is 12.1 Å². The number of hydrogen-bond acceptors (Lipinski definition) is 2. The second kappa shape index (κ2) is 3.79. The normalized spacial score (nSPS) is 9.45. The van der Waals surface area contributed by atoms with Crippen LogP contribution in [0.3, 0.4) is 0 Å². The Balaban J connectivity index is 2.53. The topological polar surface area (TPSA) is 43.8 Å². The van der Waals surface area contributed by atoms with Crippen LogP contribution in [0.5, 0.6) is 0 Å². The summed E-state index contributed by atoms with van der Waals surface area (Å²) >= 11 is 0. The minimum absolute atomic E-state index is 0.489. The number of terminal acetylenes is 1. The lowest BCUT2D eigenvalue weighted by atomic mass is 10.4. The number of aryl methyl sites for hydroxylation is 1. The van der Waals surface area contributed by atoms with Crippen LogP contribution in [0.15, 0.2) is 12.3 Å². The Kier molecular flexibility index (Phi) is 2.70. The van der Waals surface area contributed by atoms with Crippen molar-refractivity contribution in [3.63, 3.8) is 0 Å². The van der Waals surface area contributed by atoms with Crippen LogP contribution in [-0.2, 0) is 13.1 Å². The van der Waals surface area contributed by atoms with Crippen molar-refractivity contribution < 1.29 is 0 Å². The van der Waals surface area contributed by atoms with E-state index < -0.39 is 0 Å². The second-order valence-corrected chi connectivity index (χ2v) is 2.23. The maximum Gasteiger partial charge on any atom is 0.0760 e. The Morgan fingerprint density at radius 1 is 1.73 bits per heavy atom. The molecule has 58 valence electrons. The fourth-order valence-corrected chi connectivity index (χ4v) is 0.816. The molecule has 1 aromatic rings. The third-order valence-electron chi connectivity index (χ3n) is 1.39. The molecule has 0 unspecified atom stereocenters. The Morgan fingerprint density at radius 2 is 2.55 bits per heavy atom. The first-order valence-corrected chi connectivity index (χ1v) is 3.52. The average Bonchev–Trinajstić information content (AvgIpc) is 2.48. The highest BCUT2D eigenvalue weighted by Crippen LogP contribution is 1.94. The minimum atomic E-state index is 0.489. The van der Waals surface area contributed by atoms with Crippen molar-refractivity contribution in [1.29, 1.82) is 0 Å². The molecule has 0 aliphatic heterocycles. The zero-order valence-corrected chi connectivity index (χ0v) is 6.33. The molecular weight excluding hydrogens is 138 g/mol. The molecule has 0 aliphatic rings. The molecule has 0 aliphatic carbocycles. The number of rotatable bonds is 3. The van der Waals surface area contributed by atoms with Gasteiger partial charge in [-0.05, 0) is 6.07 Å². The van der Waals surface area contributed by atoms with Crippen LogP contribution in [-0.4, -0.2) is 9.78 Å². The monoisotopic (exact) mass is 149 g/mol. The van der Waals surface area contributed by atoms with Crippen molar-refractivity contribution >= 4 is 0 Å². The maximum absolute atomic E-state index is 5.38. The number of nitrogens with zero attached hydrogens (tertiary/aromatic N) is 2. The lowest BCUT2D eigenvalue weighted by Gasteiger charge is -1.94. The van der Waals surface area contributed by atoms with Crippen molar-refractivity contribution in [2.75, 3.05) is 0 Å². The van der Waals surface area contributed by atoms with E-state index in [4.69, 9.17) is 12.2 Å². The van der Waals surface area contributed by atoms with Gasteiger partial charge >= 0.3 is 0 Å². The van der Waals surface area contributed by atoms with Crippen molar-refractivity contribution in [3.05, 3.63) is 18.0 Å². The quantitative estimate of drug-likeness (QED) is 0.631. The van der Waals surface area contributed by atoms with E-state index in [2.05, 4.69) is 11.0 Å². The molecule has 0 aromatic carbocycles. The van der Waals surface area contributed by atoms with Crippen molar-refractivity contribution in [2.24, 2.45) is 5.73 Å². The highest BCUT2D eigenvalue weighted by Gasteiger charge is 1.93. The van der Waals surface area contributed by atoms with Gasteiger partial charge in [-0.3, -0.25) is 4.68 Å². The molecule has 0 atom stereocenters. The number of hydrogen-bond donors (Lipinski definition) is 1. The van der Waals surface area contributed by atoms with E-state index in [1.54, 1.807) is 0 Å². The van der Waals surface area contributed by atoms with Gasteiger partial charge in [0.2, 0.25) is 0 Å². The molecule has 11 heavy (non-hydrogen) atoms. The standard InChI is InChI=1S/C8H11N3/c1-2-3-5-11-6-4-8(7-9)10-11/h1,4,6H,3,5,7,9H2. The highest BCUT2D eigenvalue weighted by atomic mass is 15.3. The summed E-state index contributed by atoms with van der Waals surface area (Å²) in [6.45, 7) is 1.26. The number of aromatic nitrogens is 2. The summed E-state index contributed by atoms with van der Waals surface area (Å²) in [5.74, 6) is 2.55. The Morgan fingerprint density at radius 3 is 3.09 bits per heavy atom. The van der Waals surface area contributed by atoms with Crippen molar-refractivity contribution in [3.8, 4) is 12.3 Å². The fraction of sp³-hybridized carbons (Fsp3) is 0.375. The van der Waals surface area contributed by atoms with Gasteiger partial charge in [0.25, 0.3) is 0 Å². The summed E-state index contributed by atoms with van der Waals surface area (Å²) in [7, 11) is 0. The molecule has 0 spiro atoms. The van der Waals surface area contributed by atoms with Crippen LogP contribution < -0.4 is 5.73 Å². The molecule has 3 heteroatoms. The summed E-state index contributed by atoms with van der Waals surface area (Å²) in [5, 5.41) is 4.16. The highest BCUT2D eigenvalue weighted by molar-refractivity contribution is 4.98. The summed E-state index contributed by atoms with van der Waals surface area (Å²) in [5.41, 5.74) is 6.28. The lowest BCUT2D eigenvalue weighted by molar-refractivity contribution is 0.620. The van der Waals surface area contributed by atoms with Gasteiger partial charge in [0.05, 0.1) is 12.2 Å². The average molecular weight is 149 g/mol. The van der Waals surface area contributed by atoms with Crippen LogP contribution in [0.25, 0.3) is 0 Å². The minimum Gasteiger partial charge on any atom is -0.325 e. The van der Waals surface area contributed by atoms with E-state index in [9.17, 15) is 0 Å². The summed E-state index contributed by atoms with van der Waals surface area (Å²) in [6.07, 6.45) is 7.70. The smallest absolute Gasteiger partial charge is 0.0760 e. The summed E-state index contributed by atoms with van der Waals surface area (Å²) < 4.78 is 1.81. The van der Waals surface area contributed by atoms with E-state index >= 15 is 0 Å². The maximum atomic E-state index is 5.38. The molecule has 0 bridgehead atoms. The largest absolute Gasteiger partial charge is 0.325 e. The van der Waals surface area contributed by atoms with Crippen LogP contribution in [0.2, 0.25) is 0 Å². The van der Waals surface area contributed by atoms with E-state index in [1.165, 1.54) is 0 Å². The molecule has 3 nitrogen and oxygen atoms in total. The van der Waals surface area contributed by atoms with Crippen molar-refractivity contribution in [1.82, 2.24) is 9.78 Å². The van der Waals surface area contributed by atoms with Crippen LogP contribution in [0.4, 0.5) is 0 Å². The van der Waals surface area contributed by atoms with Gasteiger partial charge in [0, 0.05) is 19.2 Å². The molecular formula is C8H11N3. The van der Waals surface area contributed by atoms with Gasteiger partial charge in [0.1, 0.15) is 0 Å². The van der Waals surface area contributed by atoms with Crippen LogP contribution in [0, 0.1) is 12.3 Å². The zero-order chi connectivity index (χ0) is 8.10. The Bertz CT molecular complexity index is 257. The van der Waals surface area contributed by atoms with Crippen molar-refractivity contribution in [2.45, 2.75) is 19.5 Å². The van der Waals surface area contributed by atoms with Gasteiger partial charge in [-0.15, -0.1) is 12.3 Å². The molecule has 0 amide bonds. The third kappa shape index (κ3) is 2.10. The van der Waals surface area contributed by atoms with Gasteiger partial charge in [-0.25, -0.2) is 0 Å². The van der Waals surface area contributed by atoms with E-state index in [0.717, 1.165) is 12.2 Å². The van der Waals surface area contributed by atoms with Crippen LogP contribution >= 0.6 is 0 Å². The molecule has 0 fully saturated rings. The van der Waals surface area contributed by atoms with E-state index in [-0.39, 0.29) is 0 Å². The van der Waals surface area contributed by atoms with Gasteiger partial charge in [-0.2, -0.15) is 5.10 Å². The van der Waals surface area contributed by atoms with Gasteiger partial charge < -0.3 is 5.73 Å². The zero-order valence-electron chi connectivity index (χ0n) is 6.33. The first kappa shape index (κ1) is 7.83. The fourth-order valence-electron chi connectivity index (χ4n) is 0.816. The molecule has 1 rings (SSSR count). The SMILES string of the molecule is C#CCCn1ccc(CN)n1. The first-order valence-electron chi connectivity index (χ1n) is 3.52. The molecule has 1 heterocycles. The Hall–Kier alpha value is -1.27. The first-order chi connectivity index (χ1) is 5.36. The second-order valence-electron chi connectivity index (χ2n) is 2.23. The van der Waals surface area contributed by atoms with Gasteiger partial charge in [0.15, 0.2) is 0 Å². The summed E-state index contributed by atoms with van der Waals surface area (Å²) in [6, 6.07) is 1.90. The predicted molar refractivity (Wildman–Crippen MR) is 43.6 cm³/mol. The molecule has 0 saturated carbocycles. The molecule has 0 radical (unpaired) electrons. The summed E-state index contributed by atoms with van der Waals surface area (Å²) in [4.78, 5) is 0. The van der Waals surface area contributed by atoms with Gasteiger partial charge in [-0.1, -0.05) is 0 Å². The molecule has 1 aromatic heterocycles. The number of nitrogens with two attached hydrogens (primary N) is 1. The lowest BCUT2D eigenvalue weighted by Crippen LogP contribution is -2.01. The third-order valence-corrected chi connectivity index (χ3v) is 1.39. The molecule has 0 saturated heterocycles. The predicted octanol–water partition coefficient (Wildman–Crippen LogP) is 0.365. The molecule has 2 N–H and O–H groups in total. The van der Waals surface area contributed by atoms with E-state index in [1.807, 2.05) is 16.9 Å². The Labute approximate surface area is 66.2 Å².